The number of ether oxygens (including phenoxy) is 1. The maximum atomic E-state index is 11.8. The topological polar surface area (TPSA) is 55.6 Å². The molecule has 0 spiro atoms. The molecule has 0 fully saturated rings. The van der Waals surface area contributed by atoms with Gasteiger partial charge in [-0.15, -0.1) is 0 Å². The van der Waals surface area contributed by atoms with E-state index in [1.54, 1.807) is 20.9 Å². The molecule has 0 aliphatic heterocycles. The highest BCUT2D eigenvalue weighted by Crippen LogP contribution is 2.15. The van der Waals surface area contributed by atoms with Crippen molar-refractivity contribution >= 4 is 11.8 Å². The number of nitrogens with zero attached hydrogens (tertiary/aromatic N) is 1. The van der Waals surface area contributed by atoms with Crippen molar-refractivity contribution < 1.29 is 9.53 Å². The Morgan fingerprint density at radius 3 is 2.44 bits per heavy atom. The Morgan fingerprint density at radius 2 is 1.94 bits per heavy atom. The fourth-order valence-electron chi connectivity index (χ4n) is 1.10. The second-order valence-electron chi connectivity index (χ2n) is 4.23. The molecule has 0 radical (unpaired) electrons. The smallest absolute Gasteiger partial charge is 0.414 e. The minimum atomic E-state index is -0.639. The van der Waals surface area contributed by atoms with Gasteiger partial charge >= 0.3 is 6.09 Å². The summed E-state index contributed by atoms with van der Waals surface area (Å²) >= 11 is 0. The number of amides is 1. The lowest BCUT2D eigenvalue weighted by atomic mass is 10.1. The largest absolute Gasteiger partial charge is 0.442 e. The Hall–Kier alpha value is -1.55. The fraction of sp³-hybridized carbons (Fsp3) is 0.417. The van der Waals surface area contributed by atoms with Crippen molar-refractivity contribution in [1.29, 1.82) is 0 Å². The Labute approximate surface area is 96.0 Å². The summed E-state index contributed by atoms with van der Waals surface area (Å²) in [5.41, 5.74) is 5.65. The van der Waals surface area contributed by atoms with Gasteiger partial charge in [0, 0.05) is 19.3 Å². The van der Waals surface area contributed by atoms with Crippen molar-refractivity contribution in [3.05, 3.63) is 30.3 Å². The molecular formula is C12H18N2O2. The van der Waals surface area contributed by atoms with E-state index in [0.717, 1.165) is 5.69 Å². The summed E-state index contributed by atoms with van der Waals surface area (Å²) in [5, 5.41) is 0. The molecule has 0 aromatic heterocycles. The molecule has 0 bridgehead atoms. The summed E-state index contributed by atoms with van der Waals surface area (Å²) in [6, 6.07) is 9.32. The second-order valence-corrected chi connectivity index (χ2v) is 4.23. The van der Waals surface area contributed by atoms with Gasteiger partial charge in [0.1, 0.15) is 5.60 Å². The zero-order valence-corrected chi connectivity index (χ0v) is 9.93. The molecule has 1 aromatic rings. The predicted octanol–water partition coefficient (Wildman–Crippen LogP) is 2.00. The molecule has 0 heterocycles. The lowest BCUT2D eigenvalue weighted by Crippen LogP contribution is -2.40. The van der Waals surface area contributed by atoms with Crippen LogP contribution in [-0.4, -0.2) is 25.3 Å². The zero-order valence-electron chi connectivity index (χ0n) is 9.93. The normalized spacial score (nSPS) is 11.0. The van der Waals surface area contributed by atoms with Gasteiger partial charge in [0.15, 0.2) is 0 Å². The van der Waals surface area contributed by atoms with Crippen LogP contribution in [0, 0.1) is 0 Å². The van der Waals surface area contributed by atoms with E-state index < -0.39 is 11.7 Å². The molecule has 2 N–H and O–H groups in total. The summed E-state index contributed by atoms with van der Waals surface area (Å²) in [4.78, 5) is 13.2. The van der Waals surface area contributed by atoms with Gasteiger partial charge < -0.3 is 10.5 Å². The summed E-state index contributed by atoms with van der Waals surface area (Å²) in [5.74, 6) is 0. The number of carbonyl (C=O) groups is 1. The van der Waals surface area contributed by atoms with Gasteiger partial charge in [-0.1, -0.05) is 18.2 Å². The predicted molar refractivity (Wildman–Crippen MR) is 64.5 cm³/mol. The van der Waals surface area contributed by atoms with E-state index in [4.69, 9.17) is 10.5 Å². The Bertz CT molecular complexity index is 349. The van der Waals surface area contributed by atoms with Crippen LogP contribution in [0.25, 0.3) is 0 Å². The first-order valence-electron chi connectivity index (χ1n) is 5.18. The van der Waals surface area contributed by atoms with Crippen LogP contribution in [0.4, 0.5) is 10.5 Å². The van der Waals surface area contributed by atoms with Gasteiger partial charge in [-0.3, -0.25) is 4.90 Å². The molecule has 4 nitrogen and oxygen atoms in total. The second kappa shape index (κ2) is 4.99. The molecule has 1 rings (SSSR count). The third-order valence-electron chi connectivity index (χ3n) is 2.27. The van der Waals surface area contributed by atoms with Gasteiger partial charge in [0.2, 0.25) is 0 Å². The third kappa shape index (κ3) is 3.24. The summed E-state index contributed by atoms with van der Waals surface area (Å²) < 4.78 is 5.27. The Balaban J connectivity index is 2.69. The number of nitrogens with two attached hydrogens (primary N) is 1. The Morgan fingerprint density at radius 1 is 1.38 bits per heavy atom. The minimum Gasteiger partial charge on any atom is -0.442 e. The number of anilines is 1. The van der Waals surface area contributed by atoms with Gasteiger partial charge in [-0.2, -0.15) is 0 Å². The number of rotatable bonds is 3. The van der Waals surface area contributed by atoms with Crippen LogP contribution in [0.2, 0.25) is 0 Å². The van der Waals surface area contributed by atoms with E-state index in [1.165, 1.54) is 4.90 Å². The molecule has 88 valence electrons. The highest BCUT2D eigenvalue weighted by molar-refractivity contribution is 5.87. The summed E-state index contributed by atoms with van der Waals surface area (Å²) in [7, 11) is 1.67. The van der Waals surface area contributed by atoms with Crippen molar-refractivity contribution in [2.75, 3.05) is 18.5 Å². The van der Waals surface area contributed by atoms with E-state index >= 15 is 0 Å². The standard InChI is InChI=1S/C12H18N2O2/c1-12(2,9-13)16-11(15)14(3)10-7-5-4-6-8-10/h4-8H,9,13H2,1-3H3. The van der Waals surface area contributed by atoms with E-state index in [2.05, 4.69) is 0 Å². The summed E-state index contributed by atoms with van der Waals surface area (Å²) in [6.45, 7) is 3.86. The maximum absolute atomic E-state index is 11.8. The van der Waals surface area contributed by atoms with Crippen LogP contribution in [-0.2, 0) is 4.74 Å². The van der Waals surface area contributed by atoms with Crippen LogP contribution >= 0.6 is 0 Å². The number of carbonyl (C=O) groups excluding carboxylic acids is 1. The van der Waals surface area contributed by atoms with Gasteiger partial charge in [-0.05, 0) is 26.0 Å². The first-order valence-corrected chi connectivity index (χ1v) is 5.18. The molecule has 0 aliphatic carbocycles. The van der Waals surface area contributed by atoms with Crippen molar-refractivity contribution in [3.8, 4) is 0 Å². The summed E-state index contributed by atoms with van der Waals surface area (Å²) in [6.07, 6.45) is -0.401. The maximum Gasteiger partial charge on any atom is 0.414 e. The van der Waals surface area contributed by atoms with Crippen molar-refractivity contribution in [3.63, 3.8) is 0 Å². The van der Waals surface area contributed by atoms with Crippen LogP contribution < -0.4 is 10.6 Å². The molecular weight excluding hydrogens is 204 g/mol. The van der Waals surface area contributed by atoms with Crippen LogP contribution in [0.3, 0.4) is 0 Å². The first kappa shape index (κ1) is 12.5. The third-order valence-corrected chi connectivity index (χ3v) is 2.27. The zero-order chi connectivity index (χ0) is 12.2. The number of benzene rings is 1. The first-order chi connectivity index (χ1) is 7.46. The average Bonchev–Trinajstić information content (AvgIpc) is 2.28. The lowest BCUT2D eigenvalue weighted by molar-refractivity contribution is 0.0513. The Kier molecular flexibility index (Phi) is 3.90. The van der Waals surface area contributed by atoms with Crippen molar-refractivity contribution in [1.82, 2.24) is 0 Å². The number of para-hydroxylation sites is 1. The van der Waals surface area contributed by atoms with Crippen LogP contribution in [0.15, 0.2) is 30.3 Å². The molecule has 0 aliphatic rings. The molecule has 0 unspecified atom stereocenters. The molecule has 0 saturated carbocycles. The van der Waals surface area contributed by atoms with Gasteiger partial charge in [0.25, 0.3) is 0 Å². The molecule has 4 heteroatoms. The molecule has 0 atom stereocenters. The van der Waals surface area contributed by atoms with E-state index in [-0.39, 0.29) is 0 Å². The quantitative estimate of drug-likeness (QED) is 0.851. The highest BCUT2D eigenvalue weighted by Gasteiger charge is 2.23. The molecule has 1 amide bonds. The van der Waals surface area contributed by atoms with Gasteiger partial charge in [0.05, 0.1) is 0 Å². The lowest BCUT2D eigenvalue weighted by Gasteiger charge is -2.26. The minimum absolute atomic E-state index is 0.293. The molecule has 0 saturated heterocycles. The van der Waals surface area contributed by atoms with Gasteiger partial charge in [-0.25, -0.2) is 4.79 Å². The van der Waals surface area contributed by atoms with Crippen LogP contribution in [0.1, 0.15) is 13.8 Å². The highest BCUT2D eigenvalue weighted by atomic mass is 16.6. The SMILES string of the molecule is CN(C(=O)OC(C)(C)CN)c1ccccc1. The van der Waals surface area contributed by atoms with E-state index in [0.29, 0.717) is 6.54 Å². The number of hydrogen-bond acceptors (Lipinski definition) is 3. The van der Waals surface area contributed by atoms with Crippen LogP contribution in [0.5, 0.6) is 0 Å². The van der Waals surface area contributed by atoms with Crippen molar-refractivity contribution in [2.24, 2.45) is 5.73 Å². The monoisotopic (exact) mass is 222 g/mol. The fourth-order valence-corrected chi connectivity index (χ4v) is 1.10. The molecule has 1 aromatic carbocycles. The van der Waals surface area contributed by atoms with E-state index in [9.17, 15) is 4.79 Å². The van der Waals surface area contributed by atoms with E-state index in [1.807, 2.05) is 30.3 Å². The van der Waals surface area contributed by atoms with Crippen molar-refractivity contribution in [2.45, 2.75) is 19.4 Å². The molecule has 16 heavy (non-hydrogen) atoms. The number of hydrogen-bond donors (Lipinski definition) is 1. The average molecular weight is 222 g/mol.